The summed E-state index contributed by atoms with van der Waals surface area (Å²) in [5, 5.41) is 12.7. The van der Waals surface area contributed by atoms with Crippen molar-refractivity contribution in [2.24, 2.45) is 0 Å². The van der Waals surface area contributed by atoms with Crippen molar-refractivity contribution < 1.29 is 14.3 Å². The lowest BCUT2D eigenvalue weighted by molar-refractivity contribution is -0.112. The van der Waals surface area contributed by atoms with E-state index in [0.717, 1.165) is 13.6 Å². The Morgan fingerprint density at radius 2 is 1.94 bits per heavy atom. The monoisotopic (exact) mass is 656 g/mol. The molecule has 0 spiro atoms. The zero-order chi connectivity index (χ0) is 24.0. The minimum absolute atomic E-state index is 0.104. The number of methoxy groups -OCH3 is 1. The van der Waals surface area contributed by atoms with Gasteiger partial charge in [0, 0.05) is 4.47 Å². The molecule has 0 aliphatic rings. The van der Waals surface area contributed by atoms with Crippen LogP contribution in [-0.4, -0.2) is 13.0 Å². The molecule has 0 atom stereocenters. The first kappa shape index (κ1) is 25.4. The quantitative estimate of drug-likeness (QED) is 0.162. The summed E-state index contributed by atoms with van der Waals surface area (Å²) in [6.45, 7) is 0.362. The fourth-order valence-electron chi connectivity index (χ4n) is 2.80. The van der Waals surface area contributed by atoms with Crippen molar-refractivity contribution in [1.29, 1.82) is 5.26 Å². The molecule has 0 heterocycles. The highest BCUT2D eigenvalue weighted by Gasteiger charge is 2.15. The molecule has 3 rings (SSSR count). The van der Waals surface area contributed by atoms with Crippen molar-refractivity contribution in [3.05, 3.63) is 89.4 Å². The zero-order valence-electron chi connectivity index (χ0n) is 17.2. The Hall–Kier alpha value is -2.25. The molecule has 0 radical (unpaired) electrons. The molecular weight excluding hydrogens is 642 g/mol. The maximum absolute atomic E-state index is 12.6. The summed E-state index contributed by atoms with van der Waals surface area (Å²) in [7, 11) is 1.53. The lowest BCUT2D eigenvalue weighted by atomic mass is 10.1. The molecule has 9 heteroatoms. The van der Waals surface area contributed by atoms with Crippen molar-refractivity contribution in [2.75, 3.05) is 12.4 Å². The van der Waals surface area contributed by atoms with Gasteiger partial charge in [0.2, 0.25) is 0 Å². The number of hydrogen-bond acceptors (Lipinski definition) is 4. The van der Waals surface area contributed by atoms with E-state index >= 15 is 0 Å². The van der Waals surface area contributed by atoms with Crippen LogP contribution >= 0.6 is 61.7 Å². The van der Waals surface area contributed by atoms with Crippen LogP contribution in [0.15, 0.2) is 64.6 Å². The normalized spacial score (nSPS) is 11.0. The van der Waals surface area contributed by atoms with Gasteiger partial charge in [-0.3, -0.25) is 4.79 Å². The number of nitrogens with one attached hydrogen (secondary N) is 1. The molecule has 3 aromatic rings. The van der Waals surface area contributed by atoms with E-state index < -0.39 is 5.91 Å². The van der Waals surface area contributed by atoms with Crippen molar-refractivity contribution in [1.82, 2.24) is 0 Å². The summed E-state index contributed by atoms with van der Waals surface area (Å²) in [5.74, 6) is 0.457. The second kappa shape index (κ2) is 11.7. The average molecular weight is 658 g/mol. The number of rotatable bonds is 7. The van der Waals surface area contributed by atoms with Crippen LogP contribution in [0.3, 0.4) is 0 Å². The Balaban J connectivity index is 1.83. The first-order valence-electron chi connectivity index (χ1n) is 9.44. The molecule has 3 aromatic carbocycles. The number of nitrogens with zero attached hydrogens (tertiary/aromatic N) is 1. The number of carbonyl (C=O) groups is 1. The highest BCUT2D eigenvalue weighted by atomic mass is 127. The Kier molecular flexibility index (Phi) is 9.03. The Bertz CT molecular complexity index is 1260. The van der Waals surface area contributed by atoms with Gasteiger partial charge in [-0.1, -0.05) is 57.3 Å². The summed E-state index contributed by atoms with van der Waals surface area (Å²) >= 11 is 17.6. The zero-order valence-corrected chi connectivity index (χ0v) is 22.4. The largest absolute Gasteiger partial charge is 0.493 e. The Morgan fingerprint density at radius 1 is 1.21 bits per heavy atom. The van der Waals surface area contributed by atoms with Crippen molar-refractivity contribution in [3.63, 3.8) is 0 Å². The van der Waals surface area contributed by atoms with Crippen LogP contribution < -0.4 is 14.8 Å². The van der Waals surface area contributed by atoms with Gasteiger partial charge in [-0.15, -0.1) is 0 Å². The Morgan fingerprint density at radius 3 is 2.61 bits per heavy atom. The van der Waals surface area contributed by atoms with Gasteiger partial charge in [0.1, 0.15) is 18.2 Å². The number of halogens is 4. The van der Waals surface area contributed by atoms with E-state index in [4.69, 9.17) is 32.7 Å². The fraction of sp³-hybridized carbons (Fsp3) is 0.0833. The highest BCUT2D eigenvalue weighted by Crippen LogP contribution is 2.35. The third-order valence-electron chi connectivity index (χ3n) is 4.42. The molecule has 0 saturated carbocycles. The van der Waals surface area contributed by atoms with E-state index in [1.165, 1.54) is 13.2 Å². The molecule has 168 valence electrons. The van der Waals surface area contributed by atoms with Gasteiger partial charge in [-0.2, -0.15) is 5.26 Å². The van der Waals surface area contributed by atoms with Crippen LogP contribution in [0.4, 0.5) is 5.69 Å². The smallest absolute Gasteiger partial charge is 0.266 e. The number of anilines is 1. The number of ether oxygens (including phenoxy) is 2. The van der Waals surface area contributed by atoms with Gasteiger partial charge in [0.15, 0.2) is 11.5 Å². The van der Waals surface area contributed by atoms with Crippen molar-refractivity contribution in [3.8, 4) is 17.6 Å². The van der Waals surface area contributed by atoms with Gasteiger partial charge in [-0.25, -0.2) is 0 Å². The minimum atomic E-state index is -0.605. The van der Waals surface area contributed by atoms with Gasteiger partial charge in [-0.05, 0) is 76.2 Å². The molecule has 33 heavy (non-hydrogen) atoms. The van der Waals surface area contributed by atoms with Gasteiger partial charge >= 0.3 is 0 Å². The number of carbonyl (C=O) groups excluding carboxylic acids is 1. The summed E-state index contributed by atoms with van der Waals surface area (Å²) in [5.41, 5.74) is 1.82. The maximum atomic E-state index is 12.6. The maximum Gasteiger partial charge on any atom is 0.266 e. The van der Waals surface area contributed by atoms with Crippen LogP contribution in [0.2, 0.25) is 10.0 Å². The lowest BCUT2D eigenvalue weighted by Gasteiger charge is -2.14. The summed E-state index contributed by atoms with van der Waals surface area (Å²) in [4.78, 5) is 12.6. The highest BCUT2D eigenvalue weighted by molar-refractivity contribution is 14.1. The molecule has 0 unspecified atom stereocenters. The van der Waals surface area contributed by atoms with Crippen LogP contribution in [0, 0.1) is 14.9 Å². The topological polar surface area (TPSA) is 71.3 Å². The molecule has 5 nitrogen and oxygen atoms in total. The van der Waals surface area contributed by atoms with Gasteiger partial charge < -0.3 is 14.8 Å². The number of benzene rings is 3. The standard InChI is InChI=1S/C24H16BrCl2IN2O3/c1-32-21-11-15(10-19(28)23(21)33-13-14-5-7-17(25)8-6-14)9-16(12-29)24(31)30-20-4-2-3-18(26)22(20)27/h2-11H,13H2,1H3,(H,30,31)/b16-9-. The molecule has 0 saturated heterocycles. The second-order valence-electron chi connectivity index (χ2n) is 6.67. The molecule has 0 aliphatic carbocycles. The van der Waals surface area contributed by atoms with E-state index in [0.29, 0.717) is 34.4 Å². The third kappa shape index (κ3) is 6.64. The van der Waals surface area contributed by atoms with E-state index in [1.807, 2.05) is 30.3 Å². The molecule has 0 fully saturated rings. The molecule has 0 aliphatic heterocycles. The van der Waals surface area contributed by atoms with E-state index in [2.05, 4.69) is 43.8 Å². The first-order chi connectivity index (χ1) is 15.8. The predicted octanol–water partition coefficient (Wildman–Crippen LogP) is 7.49. The van der Waals surface area contributed by atoms with Crippen molar-refractivity contribution >= 4 is 79.4 Å². The Labute approximate surface area is 223 Å². The molecule has 1 amide bonds. The number of amides is 1. The summed E-state index contributed by atoms with van der Waals surface area (Å²) in [6.07, 6.45) is 1.47. The average Bonchev–Trinajstić information content (AvgIpc) is 2.80. The molecular formula is C24H16BrCl2IN2O3. The minimum Gasteiger partial charge on any atom is -0.493 e. The first-order valence-corrected chi connectivity index (χ1v) is 12.1. The molecule has 0 aromatic heterocycles. The van der Waals surface area contributed by atoms with Crippen LogP contribution in [0.5, 0.6) is 11.5 Å². The van der Waals surface area contributed by atoms with Crippen LogP contribution in [0.25, 0.3) is 6.08 Å². The second-order valence-corrected chi connectivity index (χ2v) is 9.54. The fourth-order valence-corrected chi connectivity index (χ4v) is 4.20. The summed E-state index contributed by atoms with van der Waals surface area (Å²) in [6, 6.07) is 18.1. The third-order valence-corrected chi connectivity index (χ3v) is 6.57. The number of hydrogen-bond donors (Lipinski definition) is 1. The van der Waals surface area contributed by atoms with E-state index in [9.17, 15) is 10.1 Å². The van der Waals surface area contributed by atoms with E-state index in [-0.39, 0.29) is 10.6 Å². The number of nitriles is 1. The van der Waals surface area contributed by atoms with Crippen molar-refractivity contribution in [2.45, 2.75) is 6.61 Å². The van der Waals surface area contributed by atoms with Gasteiger partial charge in [0.25, 0.3) is 5.91 Å². The SMILES string of the molecule is COc1cc(/C=C(/C#N)C(=O)Nc2cccc(Cl)c2Cl)cc(I)c1OCc1ccc(Br)cc1. The predicted molar refractivity (Wildman–Crippen MR) is 143 cm³/mol. The molecule has 1 N–H and O–H groups in total. The van der Waals surface area contributed by atoms with Crippen LogP contribution in [-0.2, 0) is 11.4 Å². The van der Waals surface area contributed by atoms with E-state index in [1.54, 1.807) is 30.3 Å². The summed E-state index contributed by atoms with van der Waals surface area (Å²) < 4.78 is 13.2. The van der Waals surface area contributed by atoms with Gasteiger partial charge in [0.05, 0.1) is 26.4 Å². The lowest BCUT2D eigenvalue weighted by Crippen LogP contribution is -2.13. The molecule has 0 bridgehead atoms. The van der Waals surface area contributed by atoms with Crippen LogP contribution in [0.1, 0.15) is 11.1 Å².